The van der Waals surface area contributed by atoms with E-state index in [1.54, 1.807) is 23.0 Å². The van der Waals surface area contributed by atoms with Crippen LogP contribution in [-0.2, 0) is 6.54 Å². The first kappa shape index (κ1) is 11.5. The summed E-state index contributed by atoms with van der Waals surface area (Å²) in [6.45, 7) is 0.678. The molecule has 0 aromatic carbocycles. The van der Waals surface area contributed by atoms with Crippen molar-refractivity contribution in [2.24, 2.45) is 5.73 Å². The molecule has 2 rings (SSSR count). The molecule has 2 heterocycles. The van der Waals surface area contributed by atoms with Gasteiger partial charge < -0.3 is 10.6 Å². The van der Waals surface area contributed by atoms with Crippen molar-refractivity contribution < 1.29 is 0 Å². The van der Waals surface area contributed by atoms with Crippen molar-refractivity contribution >= 4 is 23.0 Å². The van der Waals surface area contributed by atoms with Gasteiger partial charge in [0.1, 0.15) is 17.3 Å². The smallest absolute Gasteiger partial charge is 0.147 e. The molecule has 0 amide bonds. The molecule has 3 N–H and O–H groups in total. The lowest BCUT2D eigenvalue weighted by Gasteiger charge is -2.16. The topological polar surface area (TPSA) is 91.8 Å². The molecule has 0 unspecified atom stereocenters. The third-order valence-corrected chi connectivity index (χ3v) is 2.82. The molecule has 0 saturated heterocycles. The van der Waals surface area contributed by atoms with Crippen molar-refractivity contribution in [2.75, 3.05) is 11.9 Å². The van der Waals surface area contributed by atoms with Gasteiger partial charge in [0.25, 0.3) is 0 Å². The monoisotopic (exact) mass is 248 g/mol. The molecule has 0 aliphatic carbocycles. The molecule has 0 fully saturated rings. The molecule has 0 bridgehead atoms. The van der Waals surface area contributed by atoms with Gasteiger partial charge in [-0.1, -0.05) is 0 Å². The molecule has 0 atom stereocenters. The highest BCUT2D eigenvalue weighted by molar-refractivity contribution is 7.07. The SMILES string of the molecule is CN(Cc1cscn1)c1cnc(C(=N)N)cn1. The maximum atomic E-state index is 7.22. The van der Waals surface area contributed by atoms with E-state index in [1.165, 1.54) is 6.20 Å². The zero-order valence-electron chi connectivity index (χ0n) is 9.29. The second kappa shape index (κ2) is 4.88. The highest BCUT2D eigenvalue weighted by Gasteiger charge is 2.06. The number of nitrogen functional groups attached to an aromatic ring is 1. The average Bonchev–Trinajstić information content (AvgIpc) is 2.82. The molecule has 0 aliphatic heterocycles. The van der Waals surface area contributed by atoms with Crippen molar-refractivity contribution in [3.8, 4) is 0 Å². The summed E-state index contributed by atoms with van der Waals surface area (Å²) >= 11 is 1.56. The summed E-state index contributed by atoms with van der Waals surface area (Å²) in [6.07, 6.45) is 3.10. The number of thiazole rings is 1. The van der Waals surface area contributed by atoms with Crippen LogP contribution in [0.2, 0.25) is 0 Å². The van der Waals surface area contributed by atoms with Gasteiger partial charge in [-0.05, 0) is 0 Å². The van der Waals surface area contributed by atoms with Crippen LogP contribution in [0, 0.1) is 5.41 Å². The largest absolute Gasteiger partial charge is 0.382 e. The summed E-state index contributed by atoms with van der Waals surface area (Å²) in [5, 5.41) is 9.22. The van der Waals surface area contributed by atoms with Crippen LogP contribution in [0.15, 0.2) is 23.3 Å². The van der Waals surface area contributed by atoms with Crippen LogP contribution >= 0.6 is 11.3 Å². The summed E-state index contributed by atoms with van der Waals surface area (Å²) in [4.78, 5) is 14.4. The number of rotatable bonds is 4. The molecule has 17 heavy (non-hydrogen) atoms. The van der Waals surface area contributed by atoms with Crippen LogP contribution in [0.3, 0.4) is 0 Å². The number of amidine groups is 1. The average molecular weight is 248 g/mol. The molecule has 2 aromatic rings. The highest BCUT2D eigenvalue weighted by Crippen LogP contribution is 2.11. The minimum atomic E-state index is -0.0776. The van der Waals surface area contributed by atoms with Gasteiger partial charge in [0.05, 0.1) is 30.1 Å². The van der Waals surface area contributed by atoms with Crippen LogP contribution in [-0.4, -0.2) is 27.8 Å². The number of aromatic nitrogens is 3. The Balaban J connectivity index is 2.09. The van der Waals surface area contributed by atoms with E-state index in [0.29, 0.717) is 12.2 Å². The normalized spacial score (nSPS) is 10.2. The number of hydrogen-bond donors (Lipinski definition) is 2. The molecule has 88 valence electrons. The van der Waals surface area contributed by atoms with E-state index in [1.807, 2.05) is 17.3 Å². The van der Waals surface area contributed by atoms with Crippen LogP contribution in [0.5, 0.6) is 0 Å². The van der Waals surface area contributed by atoms with Crippen molar-refractivity contribution in [3.05, 3.63) is 34.7 Å². The number of anilines is 1. The number of nitrogens with zero attached hydrogens (tertiary/aromatic N) is 4. The Morgan fingerprint density at radius 1 is 1.41 bits per heavy atom. The maximum Gasteiger partial charge on any atom is 0.147 e. The zero-order valence-corrected chi connectivity index (χ0v) is 10.1. The fraction of sp³-hybridized carbons (Fsp3) is 0.200. The first-order chi connectivity index (χ1) is 8.16. The van der Waals surface area contributed by atoms with Crippen LogP contribution in [0.1, 0.15) is 11.4 Å². The number of hydrogen-bond acceptors (Lipinski definition) is 6. The van der Waals surface area contributed by atoms with Crippen LogP contribution in [0.25, 0.3) is 0 Å². The van der Waals surface area contributed by atoms with Gasteiger partial charge in [0, 0.05) is 12.4 Å². The third-order valence-electron chi connectivity index (χ3n) is 2.19. The molecule has 0 radical (unpaired) electrons. The van der Waals surface area contributed by atoms with E-state index >= 15 is 0 Å². The Kier molecular flexibility index (Phi) is 3.29. The number of nitrogens with one attached hydrogen (secondary N) is 1. The first-order valence-electron chi connectivity index (χ1n) is 4.91. The minimum Gasteiger partial charge on any atom is -0.382 e. The van der Waals surface area contributed by atoms with Gasteiger partial charge in [0.2, 0.25) is 0 Å². The van der Waals surface area contributed by atoms with Gasteiger partial charge in [-0.25, -0.2) is 15.0 Å². The summed E-state index contributed by atoms with van der Waals surface area (Å²) in [6, 6.07) is 0. The third kappa shape index (κ3) is 2.76. The van der Waals surface area contributed by atoms with E-state index in [4.69, 9.17) is 11.1 Å². The summed E-state index contributed by atoms with van der Waals surface area (Å²) in [7, 11) is 1.91. The standard InChI is InChI=1S/C10H12N6S/c1-16(4-7-5-17-6-15-7)9-3-13-8(2-14-9)10(11)12/h2-3,5-6H,4H2,1H3,(H3,11,12). The highest BCUT2D eigenvalue weighted by atomic mass is 32.1. The first-order valence-corrected chi connectivity index (χ1v) is 5.85. The van der Waals surface area contributed by atoms with Crippen molar-refractivity contribution in [3.63, 3.8) is 0 Å². The minimum absolute atomic E-state index is 0.0776. The van der Waals surface area contributed by atoms with Crippen molar-refractivity contribution in [1.29, 1.82) is 5.41 Å². The van der Waals surface area contributed by atoms with Gasteiger partial charge in [-0.3, -0.25) is 5.41 Å². The molecule has 0 saturated carbocycles. The van der Waals surface area contributed by atoms with E-state index in [-0.39, 0.29) is 5.84 Å². The van der Waals surface area contributed by atoms with Crippen molar-refractivity contribution in [1.82, 2.24) is 15.0 Å². The lowest BCUT2D eigenvalue weighted by atomic mass is 10.4. The lowest BCUT2D eigenvalue weighted by Crippen LogP contribution is -2.19. The van der Waals surface area contributed by atoms with Gasteiger partial charge in [0.15, 0.2) is 0 Å². The molecular weight excluding hydrogens is 236 g/mol. The predicted octanol–water partition coefficient (Wildman–Crippen LogP) is 0.854. The Labute approximate surface area is 103 Å². The van der Waals surface area contributed by atoms with E-state index < -0.39 is 0 Å². The molecular formula is C10H12N6S. The summed E-state index contributed by atoms with van der Waals surface area (Å²) in [5.74, 6) is 0.647. The number of nitrogens with two attached hydrogens (primary N) is 1. The maximum absolute atomic E-state index is 7.22. The van der Waals surface area contributed by atoms with Crippen molar-refractivity contribution in [2.45, 2.75) is 6.54 Å². The molecule has 0 spiro atoms. The van der Waals surface area contributed by atoms with E-state index in [0.717, 1.165) is 11.5 Å². The van der Waals surface area contributed by atoms with Gasteiger partial charge in [-0.2, -0.15) is 0 Å². The fourth-order valence-corrected chi connectivity index (χ4v) is 1.85. The Hall–Kier alpha value is -2.02. The molecule has 0 aliphatic rings. The fourth-order valence-electron chi connectivity index (χ4n) is 1.30. The molecule has 6 nitrogen and oxygen atoms in total. The summed E-state index contributed by atoms with van der Waals surface area (Å²) in [5.41, 5.74) is 8.49. The second-order valence-corrected chi connectivity index (χ2v) is 4.23. The summed E-state index contributed by atoms with van der Waals surface area (Å²) < 4.78 is 0. The Morgan fingerprint density at radius 3 is 2.76 bits per heavy atom. The quantitative estimate of drug-likeness (QED) is 0.618. The van der Waals surface area contributed by atoms with Crippen LogP contribution in [0.4, 0.5) is 5.82 Å². The second-order valence-electron chi connectivity index (χ2n) is 3.51. The predicted molar refractivity (Wildman–Crippen MR) is 67.3 cm³/mol. The Morgan fingerprint density at radius 2 is 2.24 bits per heavy atom. The zero-order chi connectivity index (χ0) is 12.3. The van der Waals surface area contributed by atoms with E-state index in [2.05, 4.69) is 15.0 Å². The van der Waals surface area contributed by atoms with E-state index in [9.17, 15) is 0 Å². The molecule has 2 aromatic heterocycles. The Bertz CT molecular complexity index is 492. The van der Waals surface area contributed by atoms with Gasteiger partial charge in [-0.15, -0.1) is 11.3 Å². The molecule has 7 heteroatoms. The van der Waals surface area contributed by atoms with Gasteiger partial charge >= 0.3 is 0 Å². The van der Waals surface area contributed by atoms with Crippen LogP contribution < -0.4 is 10.6 Å². The lowest BCUT2D eigenvalue weighted by molar-refractivity contribution is 0.867.